The lowest BCUT2D eigenvalue weighted by atomic mass is 10.1. The van der Waals surface area contributed by atoms with Gasteiger partial charge in [0.25, 0.3) is 0 Å². The second-order valence-corrected chi connectivity index (χ2v) is 5.16. The van der Waals surface area contributed by atoms with Crippen molar-refractivity contribution in [1.82, 2.24) is 9.55 Å². The molecular weight excluding hydrogens is 246 g/mol. The Morgan fingerprint density at radius 2 is 1.94 bits per heavy atom. The molecule has 0 saturated heterocycles. The molecule has 0 spiro atoms. The maximum atomic E-state index is 13.9. The van der Waals surface area contributed by atoms with Gasteiger partial charge in [-0.25, -0.2) is 13.8 Å². The van der Waals surface area contributed by atoms with E-state index < -0.39 is 17.2 Å². The first-order chi connectivity index (χ1) is 7.86. The Morgan fingerprint density at radius 3 is 2.47 bits per heavy atom. The van der Waals surface area contributed by atoms with Crippen molar-refractivity contribution in [3.05, 3.63) is 29.6 Å². The maximum Gasteiger partial charge on any atom is 0.184 e. The quantitative estimate of drug-likeness (QED) is 0.712. The van der Waals surface area contributed by atoms with Crippen molar-refractivity contribution in [2.75, 3.05) is 0 Å². The molecule has 2 nitrogen and oxygen atoms in total. The summed E-state index contributed by atoms with van der Waals surface area (Å²) in [5, 5.41) is 0. The number of hydrogen-bond acceptors (Lipinski definition) is 1. The molecule has 92 valence electrons. The first kappa shape index (κ1) is 12.3. The van der Waals surface area contributed by atoms with E-state index in [0.29, 0.717) is 11.3 Å². The molecule has 0 fully saturated rings. The van der Waals surface area contributed by atoms with Gasteiger partial charge in [-0.1, -0.05) is 0 Å². The van der Waals surface area contributed by atoms with E-state index in [1.54, 1.807) is 4.57 Å². The molecular formula is C12H13ClF2N2. The van der Waals surface area contributed by atoms with E-state index in [1.165, 1.54) is 6.07 Å². The van der Waals surface area contributed by atoms with Crippen molar-refractivity contribution in [3.63, 3.8) is 0 Å². The minimum atomic E-state index is -0.874. The van der Waals surface area contributed by atoms with Gasteiger partial charge in [-0.05, 0) is 32.9 Å². The van der Waals surface area contributed by atoms with E-state index in [0.717, 1.165) is 6.07 Å². The van der Waals surface area contributed by atoms with Crippen LogP contribution < -0.4 is 0 Å². The Kier molecular flexibility index (Phi) is 2.86. The smallest absolute Gasteiger partial charge is 0.184 e. The zero-order valence-corrected chi connectivity index (χ0v) is 10.6. The fourth-order valence-corrected chi connectivity index (χ4v) is 2.14. The Balaban J connectivity index is 2.91. The molecule has 1 heterocycles. The van der Waals surface area contributed by atoms with Gasteiger partial charge in [-0.3, -0.25) is 0 Å². The molecule has 0 bridgehead atoms. The number of nitrogens with zero attached hydrogens (tertiary/aromatic N) is 2. The molecule has 5 heteroatoms. The van der Waals surface area contributed by atoms with Crippen molar-refractivity contribution >= 4 is 22.6 Å². The minimum Gasteiger partial charge on any atom is -0.319 e. The van der Waals surface area contributed by atoms with Crippen LogP contribution >= 0.6 is 11.6 Å². The molecule has 17 heavy (non-hydrogen) atoms. The molecule has 0 radical (unpaired) electrons. The molecule has 1 aromatic heterocycles. The molecule has 0 unspecified atom stereocenters. The summed E-state index contributed by atoms with van der Waals surface area (Å²) in [6.07, 6.45) is 0. The molecule has 0 atom stereocenters. The van der Waals surface area contributed by atoms with E-state index >= 15 is 0 Å². The maximum absolute atomic E-state index is 13.9. The fraction of sp³-hybridized carbons (Fsp3) is 0.417. The number of imidazole rings is 1. The van der Waals surface area contributed by atoms with Crippen LogP contribution in [0.4, 0.5) is 8.78 Å². The number of rotatable bonds is 1. The number of fused-ring (bicyclic) bond motifs is 1. The molecule has 0 saturated carbocycles. The van der Waals surface area contributed by atoms with Gasteiger partial charge in [0.2, 0.25) is 0 Å². The van der Waals surface area contributed by atoms with Crippen molar-refractivity contribution in [1.29, 1.82) is 0 Å². The average molecular weight is 259 g/mol. The molecule has 0 amide bonds. The molecule has 0 N–H and O–H groups in total. The van der Waals surface area contributed by atoms with Crippen LogP contribution in [-0.4, -0.2) is 9.55 Å². The van der Waals surface area contributed by atoms with Gasteiger partial charge in [0.05, 0.1) is 11.4 Å². The van der Waals surface area contributed by atoms with E-state index in [1.807, 2.05) is 20.8 Å². The predicted molar refractivity (Wildman–Crippen MR) is 64.2 cm³/mol. The molecule has 2 rings (SSSR count). The number of aromatic nitrogens is 2. The third-order valence-corrected chi connectivity index (χ3v) is 2.81. The summed E-state index contributed by atoms with van der Waals surface area (Å²) in [5.74, 6) is -1.04. The third-order valence-electron chi connectivity index (χ3n) is 2.57. The van der Waals surface area contributed by atoms with Crippen LogP contribution in [0.2, 0.25) is 0 Å². The Labute approximate surface area is 103 Å². The normalized spacial score (nSPS) is 12.4. The highest BCUT2D eigenvalue weighted by atomic mass is 35.5. The minimum absolute atomic E-state index is 0.160. The summed E-state index contributed by atoms with van der Waals surface area (Å²) in [7, 11) is 0. The lowest BCUT2D eigenvalue weighted by molar-refractivity contribution is 0.392. The van der Waals surface area contributed by atoms with Crippen molar-refractivity contribution in [2.24, 2.45) is 0 Å². The Morgan fingerprint density at radius 1 is 1.29 bits per heavy atom. The van der Waals surface area contributed by atoms with E-state index in [-0.39, 0.29) is 11.4 Å². The fourth-order valence-electron chi connectivity index (χ4n) is 1.96. The predicted octanol–water partition coefficient (Wildman–Crippen LogP) is 3.81. The van der Waals surface area contributed by atoms with Gasteiger partial charge in [-0.15, -0.1) is 11.6 Å². The first-order valence-electron chi connectivity index (χ1n) is 5.28. The van der Waals surface area contributed by atoms with Crippen LogP contribution in [-0.2, 0) is 11.4 Å². The van der Waals surface area contributed by atoms with Crippen molar-refractivity contribution in [3.8, 4) is 0 Å². The third kappa shape index (κ3) is 1.90. The summed E-state index contributed by atoms with van der Waals surface area (Å²) >= 11 is 5.80. The van der Waals surface area contributed by atoms with E-state index in [2.05, 4.69) is 4.98 Å². The number of halogens is 3. The van der Waals surface area contributed by atoms with Gasteiger partial charge < -0.3 is 4.57 Å². The molecule has 0 aliphatic heterocycles. The number of hydrogen-bond donors (Lipinski definition) is 0. The number of alkyl halides is 1. The van der Waals surface area contributed by atoms with Crippen LogP contribution in [0.1, 0.15) is 26.6 Å². The average Bonchev–Trinajstić information content (AvgIpc) is 2.62. The highest BCUT2D eigenvalue weighted by Gasteiger charge is 2.24. The standard InChI is InChI=1S/C12H13ClF2N2/c1-12(2,3)17-9(6-13)16-8-5-4-7(14)10(15)11(8)17/h4-5H,6H2,1-3H3. The number of benzene rings is 1. The summed E-state index contributed by atoms with van der Waals surface area (Å²) in [5.41, 5.74) is 0.191. The Bertz CT molecular complexity index is 570. The molecule has 1 aromatic carbocycles. The molecule has 0 aliphatic carbocycles. The SMILES string of the molecule is CC(C)(C)n1c(CCl)nc2ccc(F)c(F)c21. The van der Waals surface area contributed by atoms with E-state index in [9.17, 15) is 8.78 Å². The lowest BCUT2D eigenvalue weighted by Gasteiger charge is -2.24. The Hall–Kier alpha value is -1.16. The topological polar surface area (TPSA) is 17.8 Å². The van der Waals surface area contributed by atoms with Crippen LogP contribution in [0, 0.1) is 11.6 Å². The second-order valence-electron chi connectivity index (χ2n) is 4.90. The highest BCUT2D eigenvalue weighted by Crippen LogP contribution is 2.28. The van der Waals surface area contributed by atoms with Crippen LogP contribution in [0.3, 0.4) is 0 Å². The van der Waals surface area contributed by atoms with Gasteiger partial charge in [-0.2, -0.15) is 0 Å². The van der Waals surface area contributed by atoms with Gasteiger partial charge in [0.1, 0.15) is 11.3 Å². The first-order valence-corrected chi connectivity index (χ1v) is 5.81. The van der Waals surface area contributed by atoms with Crippen LogP contribution in [0.25, 0.3) is 11.0 Å². The summed E-state index contributed by atoms with van der Waals surface area (Å²) in [6.45, 7) is 5.69. The summed E-state index contributed by atoms with van der Waals surface area (Å²) < 4.78 is 28.8. The molecule has 0 aliphatic rings. The van der Waals surface area contributed by atoms with Gasteiger partial charge in [0, 0.05) is 5.54 Å². The van der Waals surface area contributed by atoms with Gasteiger partial charge in [0.15, 0.2) is 11.6 Å². The van der Waals surface area contributed by atoms with Crippen LogP contribution in [0.5, 0.6) is 0 Å². The highest BCUT2D eigenvalue weighted by molar-refractivity contribution is 6.16. The lowest BCUT2D eigenvalue weighted by Crippen LogP contribution is -2.24. The zero-order valence-electron chi connectivity index (χ0n) is 9.89. The largest absolute Gasteiger partial charge is 0.319 e. The molecule has 2 aromatic rings. The summed E-state index contributed by atoms with van der Waals surface area (Å²) in [4.78, 5) is 4.22. The van der Waals surface area contributed by atoms with Crippen LogP contribution in [0.15, 0.2) is 12.1 Å². The monoisotopic (exact) mass is 258 g/mol. The van der Waals surface area contributed by atoms with Gasteiger partial charge >= 0.3 is 0 Å². The van der Waals surface area contributed by atoms with E-state index in [4.69, 9.17) is 11.6 Å². The van der Waals surface area contributed by atoms with Crippen molar-refractivity contribution < 1.29 is 8.78 Å². The van der Waals surface area contributed by atoms with Crippen molar-refractivity contribution in [2.45, 2.75) is 32.2 Å². The second kappa shape index (κ2) is 3.95. The zero-order chi connectivity index (χ0) is 12.8. The summed E-state index contributed by atoms with van der Waals surface area (Å²) in [6, 6.07) is 2.54.